The van der Waals surface area contributed by atoms with Gasteiger partial charge in [-0.15, -0.1) is 11.3 Å². The molecule has 0 unspecified atom stereocenters. The summed E-state index contributed by atoms with van der Waals surface area (Å²) in [4.78, 5) is 22.4. The summed E-state index contributed by atoms with van der Waals surface area (Å²) in [5.74, 6) is 1.40. The van der Waals surface area contributed by atoms with Crippen LogP contribution in [0.2, 0.25) is 0 Å². The first-order chi connectivity index (χ1) is 9.16. The van der Waals surface area contributed by atoms with Crippen LogP contribution < -0.4 is 4.90 Å². The number of carbonyl (C=O) groups excluding carboxylic acids is 1. The van der Waals surface area contributed by atoms with Gasteiger partial charge in [-0.2, -0.15) is 0 Å². The molecule has 0 saturated heterocycles. The van der Waals surface area contributed by atoms with Gasteiger partial charge in [0.2, 0.25) is 0 Å². The molecule has 4 nitrogen and oxygen atoms in total. The minimum atomic E-state index is 0.393. The highest BCUT2D eigenvalue weighted by Gasteiger charge is 2.24. The van der Waals surface area contributed by atoms with Crippen molar-refractivity contribution in [2.75, 3.05) is 11.9 Å². The van der Waals surface area contributed by atoms with Gasteiger partial charge in [-0.05, 0) is 30.7 Å². The number of aromatic nitrogens is 2. The molecule has 1 aliphatic carbocycles. The van der Waals surface area contributed by atoms with Gasteiger partial charge in [0.25, 0.3) is 0 Å². The number of thiophene rings is 1. The topological polar surface area (TPSA) is 46.1 Å². The summed E-state index contributed by atoms with van der Waals surface area (Å²) >= 11 is 1.70. The number of aryl methyl sites for hydroxylation is 1. The Labute approximate surface area is 116 Å². The van der Waals surface area contributed by atoms with E-state index in [1.165, 1.54) is 5.56 Å². The molecular weight excluding hydrogens is 258 g/mol. The van der Waals surface area contributed by atoms with Gasteiger partial charge in [-0.1, -0.05) is 0 Å². The van der Waals surface area contributed by atoms with Gasteiger partial charge < -0.3 is 4.90 Å². The molecular formula is C14H17N3OS. The lowest BCUT2D eigenvalue weighted by molar-refractivity contribution is -0.120. The van der Waals surface area contributed by atoms with Gasteiger partial charge in [0.1, 0.15) is 17.9 Å². The van der Waals surface area contributed by atoms with Crippen molar-refractivity contribution >= 4 is 33.2 Å². The number of anilines is 1. The minimum Gasteiger partial charge on any atom is -0.355 e. The molecule has 1 fully saturated rings. The monoisotopic (exact) mass is 275 g/mol. The largest absolute Gasteiger partial charge is 0.355 e. The van der Waals surface area contributed by atoms with Crippen LogP contribution in [0.5, 0.6) is 0 Å². The zero-order valence-electron chi connectivity index (χ0n) is 11.2. The van der Waals surface area contributed by atoms with Crippen LogP contribution in [0.3, 0.4) is 0 Å². The van der Waals surface area contributed by atoms with Gasteiger partial charge in [-0.3, -0.25) is 4.79 Å². The lowest BCUT2D eigenvalue weighted by Gasteiger charge is -2.31. The minimum absolute atomic E-state index is 0.393. The van der Waals surface area contributed by atoms with E-state index in [4.69, 9.17) is 0 Å². The normalized spacial score (nSPS) is 17.1. The molecule has 1 aliphatic rings. The van der Waals surface area contributed by atoms with Gasteiger partial charge in [0.15, 0.2) is 0 Å². The highest BCUT2D eigenvalue weighted by molar-refractivity contribution is 7.18. The number of nitrogens with zero attached hydrogens (tertiary/aromatic N) is 3. The molecule has 5 heteroatoms. The fourth-order valence-electron chi connectivity index (χ4n) is 2.69. The molecule has 0 aliphatic heterocycles. The van der Waals surface area contributed by atoms with Gasteiger partial charge >= 0.3 is 0 Å². The Balaban J connectivity index is 1.93. The Morgan fingerprint density at radius 3 is 2.79 bits per heavy atom. The van der Waals surface area contributed by atoms with Gasteiger partial charge in [0, 0.05) is 25.9 Å². The maximum Gasteiger partial charge on any atom is 0.150 e. The Bertz CT molecular complexity index is 612. The third-order valence-corrected chi connectivity index (χ3v) is 4.99. The van der Waals surface area contributed by atoms with E-state index in [1.807, 2.05) is 0 Å². The molecule has 0 N–H and O–H groups in total. The van der Waals surface area contributed by atoms with E-state index in [0.29, 0.717) is 24.7 Å². The second-order valence-electron chi connectivity index (χ2n) is 5.17. The molecule has 3 rings (SSSR count). The number of fused-ring (bicyclic) bond motifs is 1. The fraction of sp³-hybridized carbons (Fsp3) is 0.500. The van der Waals surface area contributed by atoms with Crippen molar-refractivity contribution < 1.29 is 4.79 Å². The maximum absolute atomic E-state index is 11.3. The first-order valence-electron chi connectivity index (χ1n) is 6.60. The number of hydrogen-bond donors (Lipinski definition) is 0. The van der Waals surface area contributed by atoms with Crippen LogP contribution >= 0.6 is 11.3 Å². The van der Waals surface area contributed by atoms with Crippen LogP contribution in [-0.4, -0.2) is 28.8 Å². The van der Waals surface area contributed by atoms with E-state index in [-0.39, 0.29) is 0 Å². The molecule has 0 spiro atoms. The van der Waals surface area contributed by atoms with Crippen molar-refractivity contribution in [2.45, 2.75) is 38.6 Å². The maximum atomic E-state index is 11.3. The van der Waals surface area contributed by atoms with Crippen molar-refractivity contribution in [2.24, 2.45) is 0 Å². The summed E-state index contributed by atoms with van der Waals surface area (Å²) in [6, 6.07) is 0.415. The Morgan fingerprint density at radius 1 is 1.32 bits per heavy atom. The molecule has 19 heavy (non-hydrogen) atoms. The molecule has 100 valence electrons. The third kappa shape index (κ3) is 2.23. The summed E-state index contributed by atoms with van der Waals surface area (Å²) in [5.41, 5.74) is 2.25. The smallest absolute Gasteiger partial charge is 0.150 e. The van der Waals surface area contributed by atoms with Crippen molar-refractivity contribution in [3.05, 3.63) is 17.3 Å². The molecule has 2 heterocycles. The summed E-state index contributed by atoms with van der Waals surface area (Å²) in [7, 11) is 2.08. The second kappa shape index (κ2) is 4.89. The fourth-order valence-corrected chi connectivity index (χ4v) is 3.73. The molecule has 0 atom stereocenters. The van der Waals surface area contributed by atoms with E-state index in [1.54, 1.807) is 17.7 Å². The molecule has 2 aromatic rings. The average Bonchev–Trinajstić information content (AvgIpc) is 2.81. The summed E-state index contributed by atoms with van der Waals surface area (Å²) < 4.78 is 1.15. The van der Waals surface area contributed by atoms with Crippen LogP contribution in [0, 0.1) is 6.92 Å². The third-order valence-electron chi connectivity index (χ3n) is 3.91. The number of hydrogen-bond acceptors (Lipinski definition) is 5. The quantitative estimate of drug-likeness (QED) is 0.845. The number of rotatable bonds is 2. The van der Waals surface area contributed by atoms with Crippen molar-refractivity contribution in [1.82, 2.24) is 9.97 Å². The van der Waals surface area contributed by atoms with Crippen LogP contribution in [0.4, 0.5) is 5.82 Å². The average molecular weight is 275 g/mol. The lowest BCUT2D eigenvalue weighted by Crippen LogP contribution is -2.35. The lowest BCUT2D eigenvalue weighted by atomic mass is 9.93. The SMILES string of the molecule is Cc1csc2c(N(C)C3CCC(=O)CC3)ncnc12. The Hall–Kier alpha value is -1.49. The molecule has 0 amide bonds. The van der Waals surface area contributed by atoms with Gasteiger partial charge in [-0.25, -0.2) is 9.97 Å². The van der Waals surface area contributed by atoms with Crippen LogP contribution in [0.1, 0.15) is 31.2 Å². The van der Waals surface area contributed by atoms with Crippen molar-refractivity contribution in [3.63, 3.8) is 0 Å². The van der Waals surface area contributed by atoms with Crippen LogP contribution in [0.15, 0.2) is 11.7 Å². The number of ketones is 1. The molecule has 0 radical (unpaired) electrons. The Morgan fingerprint density at radius 2 is 2.05 bits per heavy atom. The summed E-state index contributed by atoms with van der Waals surface area (Å²) in [5, 5.41) is 2.13. The molecule has 1 saturated carbocycles. The number of carbonyl (C=O) groups is 1. The molecule has 2 aromatic heterocycles. The predicted octanol–water partition coefficient (Wildman–Crippen LogP) is 2.95. The summed E-state index contributed by atoms with van der Waals surface area (Å²) in [6.45, 7) is 2.08. The summed E-state index contributed by atoms with van der Waals surface area (Å²) in [6.07, 6.45) is 4.91. The highest BCUT2D eigenvalue weighted by atomic mass is 32.1. The molecule has 0 aromatic carbocycles. The van der Waals surface area contributed by atoms with E-state index in [2.05, 4.69) is 34.2 Å². The van der Waals surface area contributed by atoms with Crippen LogP contribution in [0.25, 0.3) is 10.2 Å². The number of Topliss-reactive ketones (excluding diaryl/α,β-unsaturated/α-hetero) is 1. The zero-order chi connectivity index (χ0) is 13.4. The van der Waals surface area contributed by atoms with Crippen LogP contribution in [-0.2, 0) is 4.79 Å². The predicted molar refractivity (Wildman–Crippen MR) is 77.8 cm³/mol. The first kappa shape index (κ1) is 12.5. The highest BCUT2D eigenvalue weighted by Crippen LogP contribution is 2.33. The standard InChI is InChI=1S/C14H17N3OS/c1-9-7-19-13-12(9)15-8-16-14(13)17(2)10-3-5-11(18)6-4-10/h7-8,10H,3-6H2,1-2H3. The van der Waals surface area contributed by atoms with E-state index >= 15 is 0 Å². The van der Waals surface area contributed by atoms with Gasteiger partial charge in [0.05, 0.1) is 10.2 Å². The van der Waals surface area contributed by atoms with Crippen molar-refractivity contribution in [1.29, 1.82) is 0 Å². The second-order valence-corrected chi connectivity index (χ2v) is 6.05. The van der Waals surface area contributed by atoms with E-state index in [9.17, 15) is 4.79 Å². The van der Waals surface area contributed by atoms with Crippen molar-refractivity contribution in [3.8, 4) is 0 Å². The zero-order valence-corrected chi connectivity index (χ0v) is 12.0. The first-order valence-corrected chi connectivity index (χ1v) is 7.48. The van der Waals surface area contributed by atoms with E-state index < -0.39 is 0 Å². The molecule has 0 bridgehead atoms. The van der Waals surface area contributed by atoms with E-state index in [0.717, 1.165) is 28.9 Å². The Kier molecular flexibility index (Phi) is 3.22.